The summed E-state index contributed by atoms with van der Waals surface area (Å²) in [6, 6.07) is 12.0. The second kappa shape index (κ2) is 6.04. The molecule has 0 aliphatic heterocycles. The molecular formula is C17H19ClN2O. The molecule has 0 fully saturated rings. The van der Waals surface area contributed by atoms with Crippen molar-refractivity contribution in [3.05, 3.63) is 68.6 Å². The van der Waals surface area contributed by atoms with Gasteiger partial charge in [-0.1, -0.05) is 29.8 Å². The van der Waals surface area contributed by atoms with Crippen molar-refractivity contribution in [2.75, 3.05) is 0 Å². The van der Waals surface area contributed by atoms with Crippen LogP contribution < -0.4 is 10.9 Å². The van der Waals surface area contributed by atoms with Gasteiger partial charge in [-0.2, -0.15) is 0 Å². The van der Waals surface area contributed by atoms with E-state index in [1.807, 2.05) is 18.2 Å². The standard InChI is InChI=1S/C17H19ClN2O/c1-11(12-5-7-13(18)8-6-12)19-15-3-2-4-16-14(15)9-10-17(21)20-16/h5-11,15,19H,2-4H2,1H3,(H,20,21). The second-order valence-corrected chi connectivity index (χ2v) is 6.08. The molecule has 0 amide bonds. The fourth-order valence-electron chi connectivity index (χ4n) is 3.02. The summed E-state index contributed by atoms with van der Waals surface area (Å²) in [7, 11) is 0. The van der Waals surface area contributed by atoms with Crippen LogP contribution in [0.2, 0.25) is 5.02 Å². The van der Waals surface area contributed by atoms with Crippen LogP contribution >= 0.6 is 11.6 Å². The molecule has 1 aromatic carbocycles. The normalized spacial score (nSPS) is 19.0. The van der Waals surface area contributed by atoms with Gasteiger partial charge in [0.2, 0.25) is 5.56 Å². The minimum Gasteiger partial charge on any atom is -0.326 e. The molecule has 21 heavy (non-hydrogen) atoms. The van der Waals surface area contributed by atoms with Crippen molar-refractivity contribution in [3.63, 3.8) is 0 Å². The zero-order chi connectivity index (χ0) is 14.8. The first-order valence-electron chi connectivity index (χ1n) is 7.37. The van der Waals surface area contributed by atoms with Crippen LogP contribution in [0.1, 0.15) is 48.7 Å². The smallest absolute Gasteiger partial charge is 0.248 e. The molecule has 1 aliphatic carbocycles. The maximum Gasteiger partial charge on any atom is 0.248 e. The van der Waals surface area contributed by atoms with E-state index in [4.69, 9.17) is 11.6 Å². The van der Waals surface area contributed by atoms with Crippen molar-refractivity contribution in [3.8, 4) is 0 Å². The number of halogens is 1. The van der Waals surface area contributed by atoms with Gasteiger partial charge in [0.05, 0.1) is 0 Å². The highest BCUT2D eigenvalue weighted by Gasteiger charge is 2.22. The summed E-state index contributed by atoms with van der Waals surface area (Å²) >= 11 is 5.94. The zero-order valence-corrected chi connectivity index (χ0v) is 12.8. The molecule has 2 N–H and O–H groups in total. The third-order valence-corrected chi connectivity index (χ3v) is 4.40. The van der Waals surface area contributed by atoms with Gasteiger partial charge in [-0.3, -0.25) is 4.79 Å². The van der Waals surface area contributed by atoms with E-state index in [1.54, 1.807) is 6.07 Å². The largest absolute Gasteiger partial charge is 0.326 e. The van der Waals surface area contributed by atoms with Crippen LogP contribution in [0.15, 0.2) is 41.2 Å². The summed E-state index contributed by atoms with van der Waals surface area (Å²) in [5, 5.41) is 4.42. The van der Waals surface area contributed by atoms with E-state index in [1.165, 1.54) is 11.1 Å². The molecule has 2 aromatic rings. The number of hydrogen-bond donors (Lipinski definition) is 2. The Bertz CT molecular complexity index is 678. The summed E-state index contributed by atoms with van der Waals surface area (Å²) in [5.41, 5.74) is 3.51. The Morgan fingerprint density at radius 3 is 2.76 bits per heavy atom. The average molecular weight is 303 g/mol. The van der Waals surface area contributed by atoms with Crippen molar-refractivity contribution in [2.24, 2.45) is 0 Å². The molecule has 3 nitrogen and oxygen atoms in total. The minimum atomic E-state index is -0.0138. The van der Waals surface area contributed by atoms with Gasteiger partial charge < -0.3 is 10.3 Å². The van der Waals surface area contributed by atoms with Gasteiger partial charge in [0, 0.05) is 28.9 Å². The Morgan fingerprint density at radius 1 is 1.24 bits per heavy atom. The molecule has 0 saturated carbocycles. The Hall–Kier alpha value is -1.58. The number of hydrogen-bond acceptors (Lipinski definition) is 2. The fourth-order valence-corrected chi connectivity index (χ4v) is 3.15. The summed E-state index contributed by atoms with van der Waals surface area (Å²) in [4.78, 5) is 14.4. The van der Waals surface area contributed by atoms with Crippen molar-refractivity contribution >= 4 is 11.6 Å². The van der Waals surface area contributed by atoms with Crippen LogP contribution in [0.4, 0.5) is 0 Å². The van der Waals surface area contributed by atoms with Gasteiger partial charge in [0.25, 0.3) is 0 Å². The number of benzene rings is 1. The molecular weight excluding hydrogens is 284 g/mol. The quantitative estimate of drug-likeness (QED) is 0.907. The maximum atomic E-state index is 11.4. The number of pyridine rings is 1. The number of H-pyrrole nitrogens is 1. The van der Waals surface area contributed by atoms with Gasteiger partial charge in [0.15, 0.2) is 0 Å². The molecule has 1 aliphatic rings. The van der Waals surface area contributed by atoms with Crippen LogP contribution in [0.3, 0.4) is 0 Å². The predicted octanol–water partition coefficient (Wildman–Crippen LogP) is 3.76. The van der Waals surface area contributed by atoms with E-state index in [9.17, 15) is 4.79 Å². The number of fused-ring (bicyclic) bond motifs is 1. The number of aromatic nitrogens is 1. The molecule has 110 valence electrons. The Labute approximate surface area is 129 Å². The summed E-state index contributed by atoms with van der Waals surface area (Å²) in [6.07, 6.45) is 3.15. The lowest BCUT2D eigenvalue weighted by Crippen LogP contribution is -2.29. The first kappa shape index (κ1) is 14.4. The SMILES string of the molecule is CC(NC1CCCc2[nH]c(=O)ccc21)c1ccc(Cl)cc1. The summed E-state index contributed by atoms with van der Waals surface area (Å²) in [5.74, 6) is 0. The Balaban J connectivity index is 1.80. The highest BCUT2D eigenvalue weighted by molar-refractivity contribution is 6.30. The van der Waals surface area contributed by atoms with E-state index in [2.05, 4.69) is 29.4 Å². The van der Waals surface area contributed by atoms with E-state index >= 15 is 0 Å². The number of rotatable bonds is 3. The molecule has 0 saturated heterocycles. The lowest BCUT2D eigenvalue weighted by molar-refractivity contribution is 0.411. The number of nitrogens with one attached hydrogen (secondary N) is 2. The molecule has 3 rings (SSSR count). The van der Waals surface area contributed by atoms with E-state index in [0.717, 1.165) is 30.0 Å². The predicted molar refractivity (Wildman–Crippen MR) is 85.7 cm³/mol. The van der Waals surface area contributed by atoms with E-state index < -0.39 is 0 Å². The first-order valence-corrected chi connectivity index (χ1v) is 7.75. The Kier molecular flexibility index (Phi) is 4.13. The third-order valence-electron chi connectivity index (χ3n) is 4.15. The summed E-state index contributed by atoms with van der Waals surface area (Å²) < 4.78 is 0. The number of aryl methyl sites for hydroxylation is 1. The molecule has 1 heterocycles. The molecule has 4 heteroatoms. The zero-order valence-electron chi connectivity index (χ0n) is 12.0. The molecule has 2 atom stereocenters. The molecule has 0 spiro atoms. The Morgan fingerprint density at radius 2 is 2.00 bits per heavy atom. The van der Waals surface area contributed by atoms with Crippen LogP contribution in [0.25, 0.3) is 0 Å². The highest BCUT2D eigenvalue weighted by atomic mass is 35.5. The van der Waals surface area contributed by atoms with Gasteiger partial charge >= 0.3 is 0 Å². The topological polar surface area (TPSA) is 44.9 Å². The lowest BCUT2D eigenvalue weighted by atomic mass is 9.90. The molecule has 1 aromatic heterocycles. The molecule has 0 bridgehead atoms. The second-order valence-electron chi connectivity index (χ2n) is 5.64. The highest BCUT2D eigenvalue weighted by Crippen LogP contribution is 2.30. The molecule has 0 radical (unpaired) electrons. The number of aromatic amines is 1. The van der Waals surface area contributed by atoms with Gasteiger partial charge in [-0.05, 0) is 49.4 Å². The summed E-state index contributed by atoms with van der Waals surface area (Å²) in [6.45, 7) is 2.16. The maximum absolute atomic E-state index is 11.4. The third kappa shape index (κ3) is 3.20. The van der Waals surface area contributed by atoms with E-state index in [-0.39, 0.29) is 17.6 Å². The van der Waals surface area contributed by atoms with Gasteiger partial charge in [-0.15, -0.1) is 0 Å². The minimum absolute atomic E-state index is 0.0138. The van der Waals surface area contributed by atoms with Crippen LogP contribution in [-0.4, -0.2) is 4.98 Å². The van der Waals surface area contributed by atoms with Crippen molar-refractivity contribution in [2.45, 2.75) is 38.3 Å². The van der Waals surface area contributed by atoms with Crippen LogP contribution in [-0.2, 0) is 6.42 Å². The van der Waals surface area contributed by atoms with Crippen LogP contribution in [0.5, 0.6) is 0 Å². The van der Waals surface area contributed by atoms with Crippen LogP contribution in [0, 0.1) is 0 Å². The monoisotopic (exact) mass is 302 g/mol. The van der Waals surface area contributed by atoms with Crippen molar-refractivity contribution < 1.29 is 0 Å². The lowest BCUT2D eigenvalue weighted by Gasteiger charge is -2.29. The molecule has 2 unspecified atom stereocenters. The van der Waals surface area contributed by atoms with Crippen molar-refractivity contribution in [1.29, 1.82) is 0 Å². The fraction of sp³-hybridized carbons (Fsp3) is 0.353. The van der Waals surface area contributed by atoms with Gasteiger partial charge in [0.1, 0.15) is 0 Å². The average Bonchev–Trinajstić information content (AvgIpc) is 2.47. The van der Waals surface area contributed by atoms with E-state index in [0.29, 0.717) is 0 Å². The van der Waals surface area contributed by atoms with Crippen molar-refractivity contribution in [1.82, 2.24) is 10.3 Å². The van der Waals surface area contributed by atoms with Gasteiger partial charge in [-0.25, -0.2) is 0 Å². The first-order chi connectivity index (χ1) is 10.1.